The summed E-state index contributed by atoms with van der Waals surface area (Å²) in [6, 6.07) is 10.4. The Morgan fingerprint density at radius 3 is 2.60 bits per heavy atom. The molecule has 20 heavy (non-hydrogen) atoms. The second-order valence-corrected chi connectivity index (χ2v) is 6.29. The van der Waals surface area contributed by atoms with Crippen LogP contribution in [-0.2, 0) is 16.6 Å². The van der Waals surface area contributed by atoms with Gasteiger partial charge in [0, 0.05) is 11.1 Å². The Bertz CT molecular complexity index is 697. The van der Waals surface area contributed by atoms with Gasteiger partial charge in [0.1, 0.15) is 5.76 Å². The van der Waals surface area contributed by atoms with Crippen LogP contribution in [0.3, 0.4) is 0 Å². The fraction of sp³-hybridized carbons (Fsp3) is 0.231. The van der Waals surface area contributed by atoms with Crippen molar-refractivity contribution in [3.63, 3.8) is 0 Å². The Morgan fingerprint density at radius 1 is 1.30 bits per heavy atom. The van der Waals surface area contributed by atoms with Crippen molar-refractivity contribution >= 4 is 21.6 Å². The smallest absolute Gasteiger partial charge is 0.271 e. The molecular formula is C13H15ClN2O3S. The van der Waals surface area contributed by atoms with Crippen LogP contribution in [0.5, 0.6) is 0 Å². The van der Waals surface area contributed by atoms with E-state index in [1.807, 2.05) is 31.2 Å². The van der Waals surface area contributed by atoms with Gasteiger partial charge in [-0.1, -0.05) is 29.8 Å². The second-order valence-electron chi connectivity index (χ2n) is 4.39. The fourth-order valence-corrected chi connectivity index (χ4v) is 2.58. The van der Waals surface area contributed by atoms with Crippen molar-refractivity contribution in [3.05, 3.63) is 52.7 Å². The van der Waals surface area contributed by atoms with Crippen molar-refractivity contribution in [2.75, 3.05) is 0 Å². The van der Waals surface area contributed by atoms with Crippen LogP contribution in [0.1, 0.15) is 24.3 Å². The van der Waals surface area contributed by atoms with Crippen LogP contribution >= 0.6 is 11.6 Å². The highest BCUT2D eigenvalue weighted by Gasteiger charge is 2.14. The van der Waals surface area contributed by atoms with Crippen molar-refractivity contribution in [3.8, 4) is 0 Å². The van der Waals surface area contributed by atoms with E-state index >= 15 is 0 Å². The summed E-state index contributed by atoms with van der Waals surface area (Å²) in [5.41, 5.74) is 0.965. The number of hydrogen-bond donors (Lipinski definition) is 2. The van der Waals surface area contributed by atoms with Crippen molar-refractivity contribution in [2.24, 2.45) is 5.14 Å². The average Bonchev–Trinajstić information content (AvgIpc) is 2.85. The van der Waals surface area contributed by atoms with E-state index in [2.05, 4.69) is 5.32 Å². The molecule has 7 heteroatoms. The number of benzene rings is 1. The molecule has 1 heterocycles. The molecule has 3 N–H and O–H groups in total. The molecule has 0 amide bonds. The largest absolute Gasteiger partial charge is 0.447 e. The molecule has 2 aromatic rings. The lowest BCUT2D eigenvalue weighted by Crippen LogP contribution is -2.18. The van der Waals surface area contributed by atoms with Crippen molar-refractivity contribution in [1.82, 2.24) is 5.32 Å². The molecule has 0 aliphatic rings. The molecule has 0 aliphatic carbocycles. The molecule has 2 rings (SSSR count). The number of nitrogens with two attached hydrogens (primary N) is 1. The maximum Gasteiger partial charge on any atom is 0.271 e. The molecule has 1 aromatic heterocycles. The molecule has 1 aromatic carbocycles. The van der Waals surface area contributed by atoms with Gasteiger partial charge in [-0.2, -0.15) is 0 Å². The Hall–Kier alpha value is -1.34. The zero-order chi connectivity index (χ0) is 14.8. The van der Waals surface area contributed by atoms with Gasteiger partial charge in [-0.3, -0.25) is 0 Å². The molecule has 0 spiro atoms. The number of furan rings is 1. The van der Waals surface area contributed by atoms with E-state index in [1.54, 1.807) is 6.07 Å². The lowest BCUT2D eigenvalue weighted by Gasteiger charge is -2.14. The zero-order valence-corrected chi connectivity index (χ0v) is 12.4. The van der Waals surface area contributed by atoms with Gasteiger partial charge in [-0.25, -0.2) is 13.6 Å². The summed E-state index contributed by atoms with van der Waals surface area (Å²) in [7, 11) is -3.79. The van der Waals surface area contributed by atoms with Gasteiger partial charge >= 0.3 is 0 Å². The van der Waals surface area contributed by atoms with Gasteiger partial charge in [-0.15, -0.1) is 0 Å². The lowest BCUT2D eigenvalue weighted by atomic mass is 10.1. The van der Waals surface area contributed by atoms with Crippen molar-refractivity contribution < 1.29 is 12.8 Å². The predicted octanol–water partition coefficient (Wildman–Crippen LogP) is 2.43. The number of nitrogens with one attached hydrogen (secondary N) is 1. The normalized spacial score (nSPS) is 13.3. The molecule has 0 saturated carbocycles. The average molecular weight is 315 g/mol. The molecule has 108 valence electrons. The van der Waals surface area contributed by atoms with E-state index in [0.717, 1.165) is 5.56 Å². The Kier molecular flexibility index (Phi) is 4.49. The number of rotatable bonds is 5. The monoisotopic (exact) mass is 314 g/mol. The van der Waals surface area contributed by atoms with Crippen LogP contribution in [0, 0.1) is 0 Å². The third-order valence-corrected chi connectivity index (χ3v) is 4.00. The Morgan fingerprint density at radius 2 is 2.00 bits per heavy atom. The topological polar surface area (TPSA) is 85.3 Å². The first-order valence-electron chi connectivity index (χ1n) is 5.97. The zero-order valence-electron chi connectivity index (χ0n) is 10.8. The van der Waals surface area contributed by atoms with Gasteiger partial charge < -0.3 is 9.73 Å². The second kappa shape index (κ2) is 5.97. The van der Waals surface area contributed by atoms with Crippen LogP contribution in [0.2, 0.25) is 5.02 Å². The Balaban J connectivity index is 2.02. The molecule has 0 fully saturated rings. The molecular weight excluding hydrogens is 300 g/mol. The third kappa shape index (κ3) is 3.61. The standard InChI is InChI=1S/C13H15ClN2O3S/c1-9(11-4-2-3-5-12(11)14)16-8-10-6-7-13(19-10)20(15,17)18/h2-7,9,16H,8H2,1H3,(H2,15,17,18). The SMILES string of the molecule is CC(NCc1ccc(S(N)(=O)=O)o1)c1ccccc1Cl. The Labute approximate surface area is 122 Å². The summed E-state index contributed by atoms with van der Waals surface area (Å²) >= 11 is 6.11. The highest BCUT2D eigenvalue weighted by molar-refractivity contribution is 7.89. The van der Waals surface area contributed by atoms with Gasteiger partial charge in [0.05, 0.1) is 6.54 Å². The first kappa shape index (κ1) is 15.1. The summed E-state index contributed by atoms with van der Waals surface area (Å²) < 4.78 is 27.3. The summed E-state index contributed by atoms with van der Waals surface area (Å²) in [6.45, 7) is 2.34. The summed E-state index contributed by atoms with van der Waals surface area (Å²) in [6.07, 6.45) is 0. The molecule has 1 atom stereocenters. The maximum absolute atomic E-state index is 11.1. The maximum atomic E-state index is 11.1. The minimum atomic E-state index is -3.79. The highest BCUT2D eigenvalue weighted by Crippen LogP contribution is 2.22. The van der Waals surface area contributed by atoms with Crippen LogP contribution in [-0.4, -0.2) is 8.42 Å². The first-order chi connectivity index (χ1) is 9.38. The van der Waals surface area contributed by atoms with Crippen LogP contribution in [0.25, 0.3) is 0 Å². The van der Waals surface area contributed by atoms with E-state index in [9.17, 15) is 8.42 Å². The molecule has 0 radical (unpaired) electrons. The fourth-order valence-electron chi connectivity index (χ4n) is 1.80. The van der Waals surface area contributed by atoms with Crippen LogP contribution < -0.4 is 10.5 Å². The molecule has 1 unspecified atom stereocenters. The molecule has 0 saturated heterocycles. The lowest BCUT2D eigenvalue weighted by molar-refractivity contribution is 0.393. The van der Waals surface area contributed by atoms with E-state index in [0.29, 0.717) is 17.3 Å². The van der Waals surface area contributed by atoms with Gasteiger partial charge in [0.2, 0.25) is 5.09 Å². The highest BCUT2D eigenvalue weighted by atomic mass is 35.5. The van der Waals surface area contributed by atoms with Gasteiger partial charge in [-0.05, 0) is 30.7 Å². The third-order valence-electron chi connectivity index (χ3n) is 2.87. The van der Waals surface area contributed by atoms with Crippen molar-refractivity contribution in [2.45, 2.75) is 24.6 Å². The number of sulfonamides is 1. The van der Waals surface area contributed by atoms with Gasteiger partial charge in [0.25, 0.3) is 10.0 Å². The van der Waals surface area contributed by atoms with Crippen molar-refractivity contribution in [1.29, 1.82) is 0 Å². The molecule has 0 aliphatic heterocycles. The first-order valence-corrected chi connectivity index (χ1v) is 7.89. The van der Waals surface area contributed by atoms with E-state index in [-0.39, 0.29) is 11.1 Å². The minimum Gasteiger partial charge on any atom is -0.447 e. The molecule has 0 bridgehead atoms. The number of primary sulfonamides is 1. The van der Waals surface area contributed by atoms with E-state index in [4.69, 9.17) is 21.2 Å². The summed E-state index contributed by atoms with van der Waals surface area (Å²) in [5.74, 6) is 0.493. The van der Waals surface area contributed by atoms with Crippen LogP contribution in [0.15, 0.2) is 45.9 Å². The minimum absolute atomic E-state index is 0.00623. The summed E-state index contributed by atoms with van der Waals surface area (Å²) in [5, 5.41) is 8.63. The number of halogens is 1. The molecule has 5 nitrogen and oxygen atoms in total. The van der Waals surface area contributed by atoms with Gasteiger partial charge in [0.15, 0.2) is 0 Å². The van der Waals surface area contributed by atoms with E-state index < -0.39 is 10.0 Å². The summed E-state index contributed by atoms with van der Waals surface area (Å²) in [4.78, 5) is 0. The quantitative estimate of drug-likeness (QED) is 0.887. The van der Waals surface area contributed by atoms with Crippen LogP contribution in [0.4, 0.5) is 0 Å². The van der Waals surface area contributed by atoms with E-state index in [1.165, 1.54) is 6.07 Å². The number of hydrogen-bond acceptors (Lipinski definition) is 4. The predicted molar refractivity (Wildman–Crippen MR) is 76.8 cm³/mol.